The Morgan fingerprint density at radius 3 is 2.63 bits per heavy atom. The molecule has 1 aromatic rings. The maximum Gasteiger partial charge on any atom is 0.246 e. The van der Waals surface area contributed by atoms with Crippen molar-refractivity contribution in [3.05, 3.63) is 11.4 Å². The molecule has 0 aromatic carbocycles. The quantitative estimate of drug-likeness (QED) is 0.844. The number of H-pyrrole nitrogens is 1. The molecule has 1 heterocycles. The normalized spacial score (nSPS) is 17.5. The van der Waals surface area contributed by atoms with Crippen LogP contribution in [0.15, 0.2) is 4.90 Å². The van der Waals surface area contributed by atoms with Gasteiger partial charge in [0.2, 0.25) is 10.0 Å². The third-order valence-electron chi connectivity index (χ3n) is 3.81. The molecule has 2 rings (SSSR count). The second kappa shape index (κ2) is 5.60. The summed E-state index contributed by atoms with van der Waals surface area (Å²) in [6.07, 6.45) is 4.65. The van der Waals surface area contributed by atoms with Gasteiger partial charge in [0.25, 0.3) is 0 Å². The van der Waals surface area contributed by atoms with Crippen LogP contribution >= 0.6 is 0 Å². The summed E-state index contributed by atoms with van der Waals surface area (Å²) in [7, 11) is -1.86. The van der Waals surface area contributed by atoms with E-state index in [2.05, 4.69) is 10.2 Å². The topological polar surface area (TPSA) is 92.1 Å². The number of aromatic amines is 1. The van der Waals surface area contributed by atoms with Gasteiger partial charge >= 0.3 is 0 Å². The van der Waals surface area contributed by atoms with Crippen molar-refractivity contribution in [1.82, 2.24) is 14.5 Å². The Morgan fingerprint density at radius 1 is 1.42 bits per heavy atom. The highest BCUT2D eigenvalue weighted by atomic mass is 32.2. The molecular weight excluding hydrogens is 264 g/mol. The maximum atomic E-state index is 12.6. The SMILES string of the molecule is Cc1[nH]nc(CN)c1S(=O)(=O)N(C)CC1CCCC1. The first-order valence-electron chi connectivity index (χ1n) is 6.67. The fourth-order valence-corrected chi connectivity index (χ4v) is 4.34. The zero-order valence-electron chi connectivity index (χ0n) is 11.5. The third-order valence-corrected chi connectivity index (χ3v) is 5.84. The van der Waals surface area contributed by atoms with E-state index in [0.29, 0.717) is 23.9 Å². The Labute approximate surface area is 114 Å². The maximum absolute atomic E-state index is 12.6. The predicted molar refractivity (Wildman–Crippen MR) is 73.0 cm³/mol. The molecule has 19 heavy (non-hydrogen) atoms. The first-order chi connectivity index (χ1) is 8.96. The van der Waals surface area contributed by atoms with E-state index in [1.54, 1.807) is 14.0 Å². The number of hydrogen-bond donors (Lipinski definition) is 2. The van der Waals surface area contributed by atoms with E-state index in [0.717, 1.165) is 12.8 Å². The van der Waals surface area contributed by atoms with Gasteiger partial charge in [0.1, 0.15) is 4.90 Å². The molecule has 108 valence electrons. The smallest absolute Gasteiger partial charge is 0.246 e. The van der Waals surface area contributed by atoms with Crippen LogP contribution in [0.4, 0.5) is 0 Å². The van der Waals surface area contributed by atoms with Gasteiger partial charge in [-0.15, -0.1) is 0 Å². The minimum atomic E-state index is -3.50. The number of sulfonamides is 1. The lowest BCUT2D eigenvalue weighted by atomic mass is 10.1. The molecule has 6 nitrogen and oxygen atoms in total. The van der Waals surface area contributed by atoms with Gasteiger partial charge in [0.15, 0.2) is 0 Å². The second-order valence-corrected chi connectivity index (χ2v) is 7.25. The number of aryl methyl sites for hydroxylation is 1. The number of rotatable bonds is 5. The molecule has 0 radical (unpaired) electrons. The molecule has 1 aromatic heterocycles. The molecule has 1 aliphatic carbocycles. The summed E-state index contributed by atoms with van der Waals surface area (Å²) < 4.78 is 26.6. The van der Waals surface area contributed by atoms with Crippen molar-refractivity contribution in [2.45, 2.75) is 44.0 Å². The number of nitrogens with zero attached hydrogens (tertiary/aromatic N) is 2. The lowest BCUT2D eigenvalue weighted by Gasteiger charge is -2.21. The molecule has 0 spiro atoms. The van der Waals surface area contributed by atoms with Crippen molar-refractivity contribution in [3.63, 3.8) is 0 Å². The van der Waals surface area contributed by atoms with Crippen molar-refractivity contribution in [1.29, 1.82) is 0 Å². The van der Waals surface area contributed by atoms with E-state index in [1.807, 2.05) is 0 Å². The van der Waals surface area contributed by atoms with Crippen LogP contribution in [0.3, 0.4) is 0 Å². The van der Waals surface area contributed by atoms with Gasteiger partial charge in [-0.05, 0) is 25.7 Å². The highest BCUT2D eigenvalue weighted by Crippen LogP contribution is 2.28. The van der Waals surface area contributed by atoms with Crippen molar-refractivity contribution in [2.75, 3.05) is 13.6 Å². The van der Waals surface area contributed by atoms with Crippen LogP contribution in [0.5, 0.6) is 0 Å². The van der Waals surface area contributed by atoms with Crippen molar-refractivity contribution in [2.24, 2.45) is 11.7 Å². The Hall–Kier alpha value is -0.920. The van der Waals surface area contributed by atoms with E-state index < -0.39 is 10.0 Å². The van der Waals surface area contributed by atoms with Crippen molar-refractivity contribution >= 4 is 10.0 Å². The molecule has 1 aliphatic rings. The van der Waals surface area contributed by atoms with Crippen LogP contribution in [0.1, 0.15) is 37.1 Å². The molecule has 0 unspecified atom stereocenters. The fourth-order valence-electron chi connectivity index (χ4n) is 2.76. The average Bonchev–Trinajstić information content (AvgIpc) is 2.98. The van der Waals surface area contributed by atoms with Crippen LogP contribution in [-0.2, 0) is 16.6 Å². The highest BCUT2D eigenvalue weighted by molar-refractivity contribution is 7.89. The molecule has 0 bridgehead atoms. The largest absolute Gasteiger partial charge is 0.325 e. The molecule has 7 heteroatoms. The highest BCUT2D eigenvalue weighted by Gasteiger charge is 2.30. The zero-order chi connectivity index (χ0) is 14.0. The fraction of sp³-hybridized carbons (Fsp3) is 0.750. The van der Waals surface area contributed by atoms with Gasteiger partial charge in [-0.3, -0.25) is 5.10 Å². The summed E-state index contributed by atoms with van der Waals surface area (Å²) in [5, 5.41) is 6.67. The third kappa shape index (κ3) is 2.82. The molecular formula is C12H22N4O2S. The molecule has 1 saturated carbocycles. The second-order valence-electron chi connectivity index (χ2n) is 5.26. The summed E-state index contributed by atoms with van der Waals surface area (Å²) in [6.45, 7) is 2.41. The Kier molecular flexibility index (Phi) is 4.27. The lowest BCUT2D eigenvalue weighted by Crippen LogP contribution is -2.32. The van der Waals surface area contributed by atoms with E-state index >= 15 is 0 Å². The van der Waals surface area contributed by atoms with Gasteiger partial charge in [-0.2, -0.15) is 5.10 Å². The van der Waals surface area contributed by atoms with E-state index in [-0.39, 0.29) is 11.4 Å². The lowest BCUT2D eigenvalue weighted by molar-refractivity contribution is 0.387. The number of hydrogen-bond acceptors (Lipinski definition) is 4. The number of nitrogens with one attached hydrogen (secondary N) is 1. The first kappa shape index (κ1) is 14.5. The minimum Gasteiger partial charge on any atom is -0.325 e. The van der Waals surface area contributed by atoms with Crippen LogP contribution < -0.4 is 5.73 Å². The first-order valence-corrected chi connectivity index (χ1v) is 8.11. The van der Waals surface area contributed by atoms with Gasteiger partial charge in [-0.25, -0.2) is 12.7 Å². The summed E-state index contributed by atoms with van der Waals surface area (Å²) in [5.74, 6) is 0.480. The Morgan fingerprint density at radius 2 is 2.05 bits per heavy atom. The minimum absolute atomic E-state index is 0.121. The molecule has 1 fully saturated rings. The Bertz CT molecular complexity index is 532. The molecule has 3 N–H and O–H groups in total. The van der Waals surface area contributed by atoms with Crippen molar-refractivity contribution < 1.29 is 8.42 Å². The van der Waals surface area contributed by atoms with E-state index in [4.69, 9.17) is 5.73 Å². The van der Waals surface area contributed by atoms with Crippen LogP contribution in [0.2, 0.25) is 0 Å². The summed E-state index contributed by atoms with van der Waals surface area (Å²) in [4.78, 5) is 0.246. The summed E-state index contributed by atoms with van der Waals surface area (Å²) in [6, 6.07) is 0. The van der Waals surface area contributed by atoms with Crippen LogP contribution in [0, 0.1) is 12.8 Å². The molecule has 0 aliphatic heterocycles. The predicted octanol–water partition coefficient (Wildman–Crippen LogP) is 0.988. The number of nitrogens with two attached hydrogens (primary N) is 1. The van der Waals surface area contributed by atoms with Crippen LogP contribution in [0.25, 0.3) is 0 Å². The molecule has 0 amide bonds. The molecule has 0 saturated heterocycles. The molecule has 0 atom stereocenters. The monoisotopic (exact) mass is 286 g/mol. The van der Waals surface area contributed by atoms with Gasteiger partial charge < -0.3 is 5.73 Å². The van der Waals surface area contributed by atoms with Gasteiger partial charge in [0, 0.05) is 20.1 Å². The van der Waals surface area contributed by atoms with E-state index in [1.165, 1.54) is 17.1 Å². The van der Waals surface area contributed by atoms with Gasteiger partial charge in [0.05, 0.1) is 11.4 Å². The summed E-state index contributed by atoms with van der Waals surface area (Å²) in [5.41, 5.74) is 6.53. The summed E-state index contributed by atoms with van der Waals surface area (Å²) >= 11 is 0. The van der Waals surface area contributed by atoms with E-state index in [9.17, 15) is 8.42 Å². The Balaban J connectivity index is 2.22. The number of aromatic nitrogens is 2. The van der Waals surface area contributed by atoms with Crippen molar-refractivity contribution in [3.8, 4) is 0 Å². The van der Waals surface area contributed by atoms with Gasteiger partial charge in [-0.1, -0.05) is 12.8 Å². The zero-order valence-corrected chi connectivity index (χ0v) is 12.3. The van der Waals surface area contributed by atoms with Crippen LogP contribution in [-0.4, -0.2) is 36.5 Å². The standard InChI is InChI=1S/C12H22N4O2S/c1-9-12(11(7-13)15-14-9)19(17,18)16(2)8-10-5-3-4-6-10/h10H,3-8,13H2,1-2H3,(H,14,15). The average molecular weight is 286 g/mol.